The van der Waals surface area contributed by atoms with Crippen molar-refractivity contribution in [2.24, 2.45) is 11.1 Å². The number of hydrogen-bond donors (Lipinski definition) is 1. The van der Waals surface area contributed by atoms with Gasteiger partial charge in [-0.2, -0.15) is 4.31 Å². The lowest BCUT2D eigenvalue weighted by Crippen LogP contribution is -2.53. The van der Waals surface area contributed by atoms with Crippen LogP contribution in [0.2, 0.25) is 0 Å². The van der Waals surface area contributed by atoms with Gasteiger partial charge in [-0.25, -0.2) is 8.42 Å². The molecule has 8 heteroatoms. The number of halogens is 2. The summed E-state index contributed by atoms with van der Waals surface area (Å²) in [6.07, 6.45) is 0.667. The number of benzene rings is 1. The van der Waals surface area contributed by atoms with Gasteiger partial charge in [0.1, 0.15) is 5.75 Å². The van der Waals surface area contributed by atoms with E-state index >= 15 is 0 Å². The topological polar surface area (TPSA) is 72.6 Å². The molecule has 0 aromatic heterocycles. The SMILES string of the molecule is COc1cc(S(=O)(=O)N2CCC(N)C(C)(C)C2)ccc1Br.Cl. The fourth-order valence-corrected chi connectivity index (χ4v) is 4.53. The summed E-state index contributed by atoms with van der Waals surface area (Å²) in [6, 6.07) is 4.83. The Hall–Kier alpha value is -0.340. The van der Waals surface area contributed by atoms with E-state index in [2.05, 4.69) is 15.9 Å². The normalized spacial score (nSPS) is 22.0. The van der Waals surface area contributed by atoms with E-state index in [0.29, 0.717) is 25.3 Å². The molecule has 5 nitrogen and oxygen atoms in total. The maximum atomic E-state index is 12.8. The van der Waals surface area contributed by atoms with Gasteiger partial charge in [-0.05, 0) is 39.9 Å². The van der Waals surface area contributed by atoms with Crippen LogP contribution in [0.3, 0.4) is 0 Å². The number of nitrogens with zero attached hydrogens (tertiary/aromatic N) is 1. The molecule has 1 atom stereocenters. The van der Waals surface area contributed by atoms with Crippen LogP contribution in [0, 0.1) is 5.41 Å². The maximum absolute atomic E-state index is 12.8. The summed E-state index contributed by atoms with van der Waals surface area (Å²) in [4.78, 5) is 0.244. The van der Waals surface area contributed by atoms with Crippen LogP contribution in [0.5, 0.6) is 5.75 Å². The lowest BCUT2D eigenvalue weighted by Gasteiger charge is -2.41. The third kappa shape index (κ3) is 3.76. The Balaban J connectivity index is 0.00000242. The van der Waals surface area contributed by atoms with E-state index in [9.17, 15) is 8.42 Å². The molecule has 126 valence electrons. The minimum atomic E-state index is -3.53. The van der Waals surface area contributed by atoms with Gasteiger partial charge in [-0.15, -0.1) is 12.4 Å². The standard InChI is InChI=1S/C14H21BrN2O3S.ClH/c1-14(2)9-17(7-6-13(14)16)21(18,19)10-4-5-11(15)12(8-10)20-3;/h4-5,8,13H,6-7,9,16H2,1-3H3;1H. The molecule has 1 heterocycles. The molecule has 22 heavy (non-hydrogen) atoms. The van der Waals surface area contributed by atoms with Gasteiger partial charge in [0.15, 0.2) is 0 Å². The molecule has 0 saturated carbocycles. The summed E-state index contributed by atoms with van der Waals surface area (Å²) in [7, 11) is -2.02. The molecule has 1 aliphatic rings. The second kappa shape index (κ2) is 7.05. The molecule has 0 spiro atoms. The van der Waals surface area contributed by atoms with Gasteiger partial charge >= 0.3 is 0 Å². The molecule has 1 aliphatic heterocycles. The molecule has 1 aromatic rings. The lowest BCUT2D eigenvalue weighted by atomic mass is 9.81. The van der Waals surface area contributed by atoms with Crippen molar-refractivity contribution in [3.63, 3.8) is 0 Å². The number of nitrogens with two attached hydrogens (primary N) is 1. The number of methoxy groups -OCH3 is 1. The van der Waals surface area contributed by atoms with Crippen LogP contribution in [0.4, 0.5) is 0 Å². The van der Waals surface area contributed by atoms with E-state index in [-0.39, 0.29) is 28.8 Å². The van der Waals surface area contributed by atoms with Crippen molar-refractivity contribution >= 4 is 38.4 Å². The molecular weight excluding hydrogens is 392 g/mol. The predicted molar refractivity (Wildman–Crippen MR) is 93.1 cm³/mol. The highest BCUT2D eigenvalue weighted by Gasteiger charge is 2.38. The highest BCUT2D eigenvalue weighted by molar-refractivity contribution is 9.10. The first kappa shape index (κ1) is 19.7. The van der Waals surface area contributed by atoms with E-state index in [1.54, 1.807) is 18.2 Å². The van der Waals surface area contributed by atoms with Gasteiger partial charge in [0, 0.05) is 25.2 Å². The van der Waals surface area contributed by atoms with Crippen LogP contribution in [0.15, 0.2) is 27.6 Å². The van der Waals surface area contributed by atoms with E-state index in [0.717, 1.165) is 4.47 Å². The third-order valence-electron chi connectivity index (χ3n) is 4.04. The fraction of sp³-hybridized carbons (Fsp3) is 0.571. The summed E-state index contributed by atoms with van der Waals surface area (Å²) in [6.45, 7) is 4.88. The second-order valence-corrected chi connectivity index (χ2v) is 8.81. The van der Waals surface area contributed by atoms with Crippen molar-refractivity contribution < 1.29 is 13.2 Å². The summed E-state index contributed by atoms with van der Waals surface area (Å²) >= 11 is 3.33. The Morgan fingerprint density at radius 1 is 1.41 bits per heavy atom. The first-order valence-corrected chi connectivity index (χ1v) is 9.01. The first-order valence-electron chi connectivity index (χ1n) is 6.78. The van der Waals surface area contributed by atoms with Gasteiger partial charge in [0.05, 0.1) is 16.5 Å². The summed E-state index contributed by atoms with van der Waals surface area (Å²) in [5, 5.41) is 0. The Morgan fingerprint density at radius 2 is 2.05 bits per heavy atom. The number of ether oxygens (including phenoxy) is 1. The van der Waals surface area contributed by atoms with Crippen molar-refractivity contribution in [1.29, 1.82) is 0 Å². The zero-order valence-corrected chi connectivity index (χ0v) is 16.1. The lowest BCUT2D eigenvalue weighted by molar-refractivity contribution is 0.155. The molecule has 1 aromatic carbocycles. The predicted octanol–water partition coefficient (Wildman–Crippen LogP) is 2.63. The van der Waals surface area contributed by atoms with E-state index in [4.69, 9.17) is 10.5 Å². The Bertz CT molecular complexity index is 637. The second-order valence-electron chi connectivity index (χ2n) is 6.02. The molecule has 1 unspecified atom stereocenters. The molecule has 0 bridgehead atoms. The minimum Gasteiger partial charge on any atom is -0.496 e. The van der Waals surface area contributed by atoms with Gasteiger partial charge in [0.2, 0.25) is 10.0 Å². The van der Waals surface area contributed by atoms with Crippen molar-refractivity contribution in [2.75, 3.05) is 20.2 Å². The highest BCUT2D eigenvalue weighted by atomic mass is 79.9. The molecule has 0 amide bonds. The first-order chi connectivity index (χ1) is 9.68. The van der Waals surface area contributed by atoms with Crippen LogP contribution in [-0.4, -0.2) is 39.0 Å². The molecule has 1 saturated heterocycles. The Kier molecular flexibility index (Phi) is 6.31. The van der Waals surface area contributed by atoms with Crippen LogP contribution in [0.1, 0.15) is 20.3 Å². The average molecular weight is 414 g/mol. The average Bonchev–Trinajstić information content (AvgIpc) is 2.42. The zero-order chi connectivity index (χ0) is 15.8. The molecule has 1 fully saturated rings. The van der Waals surface area contributed by atoms with Crippen molar-refractivity contribution in [3.8, 4) is 5.75 Å². The smallest absolute Gasteiger partial charge is 0.243 e. The summed E-state index contributed by atoms with van der Waals surface area (Å²) in [5.74, 6) is 0.504. The molecule has 2 N–H and O–H groups in total. The van der Waals surface area contributed by atoms with Gasteiger partial charge in [-0.3, -0.25) is 0 Å². The van der Waals surface area contributed by atoms with Crippen molar-refractivity contribution in [1.82, 2.24) is 4.31 Å². The van der Waals surface area contributed by atoms with Crippen LogP contribution < -0.4 is 10.5 Å². The van der Waals surface area contributed by atoms with Crippen molar-refractivity contribution in [3.05, 3.63) is 22.7 Å². The fourth-order valence-electron chi connectivity index (χ4n) is 2.48. The summed E-state index contributed by atoms with van der Waals surface area (Å²) < 4.78 is 33.0. The van der Waals surface area contributed by atoms with E-state index in [1.165, 1.54) is 11.4 Å². The summed E-state index contributed by atoms with van der Waals surface area (Å²) in [5.41, 5.74) is 5.84. The monoisotopic (exact) mass is 412 g/mol. The van der Waals surface area contributed by atoms with E-state index < -0.39 is 10.0 Å². The maximum Gasteiger partial charge on any atom is 0.243 e. The molecule has 2 rings (SSSR count). The number of sulfonamides is 1. The van der Waals surface area contributed by atoms with E-state index in [1.807, 2.05) is 13.8 Å². The molecule has 0 aliphatic carbocycles. The van der Waals surface area contributed by atoms with Crippen LogP contribution in [0.25, 0.3) is 0 Å². The number of rotatable bonds is 3. The Morgan fingerprint density at radius 3 is 2.59 bits per heavy atom. The number of hydrogen-bond acceptors (Lipinski definition) is 4. The number of piperidine rings is 1. The van der Waals surface area contributed by atoms with Crippen molar-refractivity contribution in [2.45, 2.75) is 31.2 Å². The van der Waals surface area contributed by atoms with Crippen LogP contribution >= 0.6 is 28.3 Å². The zero-order valence-electron chi connectivity index (χ0n) is 12.9. The molecule has 0 radical (unpaired) electrons. The van der Waals surface area contributed by atoms with Gasteiger partial charge in [0.25, 0.3) is 0 Å². The van der Waals surface area contributed by atoms with Crippen LogP contribution in [-0.2, 0) is 10.0 Å². The molecular formula is C14H22BrClN2O3S. The minimum absolute atomic E-state index is 0. The third-order valence-corrected chi connectivity index (χ3v) is 6.53. The Labute approximate surface area is 146 Å². The quantitative estimate of drug-likeness (QED) is 0.827. The van der Waals surface area contributed by atoms with Gasteiger partial charge < -0.3 is 10.5 Å². The largest absolute Gasteiger partial charge is 0.496 e. The highest BCUT2D eigenvalue weighted by Crippen LogP contribution is 2.33. The van der Waals surface area contributed by atoms with Gasteiger partial charge in [-0.1, -0.05) is 13.8 Å².